The summed E-state index contributed by atoms with van der Waals surface area (Å²) >= 11 is 3.10. The van der Waals surface area contributed by atoms with E-state index in [1.807, 2.05) is 36.2 Å². The van der Waals surface area contributed by atoms with Crippen LogP contribution in [0.5, 0.6) is 0 Å². The van der Waals surface area contributed by atoms with Crippen molar-refractivity contribution in [3.8, 4) is 0 Å². The van der Waals surface area contributed by atoms with Gasteiger partial charge in [-0.15, -0.1) is 0 Å². The van der Waals surface area contributed by atoms with E-state index in [-0.39, 0.29) is 12.5 Å². The fourth-order valence-corrected chi connectivity index (χ4v) is 4.73. The van der Waals surface area contributed by atoms with Crippen molar-refractivity contribution in [3.63, 3.8) is 0 Å². The van der Waals surface area contributed by atoms with Gasteiger partial charge in [-0.3, -0.25) is 4.79 Å². The molecule has 0 bridgehead atoms. The van der Waals surface area contributed by atoms with Gasteiger partial charge >= 0.3 is 0 Å². The first-order chi connectivity index (χ1) is 12.5. The van der Waals surface area contributed by atoms with E-state index in [4.69, 9.17) is 4.98 Å². The molecule has 5 nitrogen and oxygen atoms in total. The first-order valence-corrected chi connectivity index (χ1v) is 9.88. The second-order valence-electron chi connectivity index (χ2n) is 6.26. The summed E-state index contributed by atoms with van der Waals surface area (Å²) in [6.07, 6.45) is 0. The topological polar surface area (TPSA) is 58.1 Å². The van der Waals surface area contributed by atoms with Crippen molar-refractivity contribution in [2.24, 2.45) is 0 Å². The molecule has 1 amide bonds. The molecule has 0 radical (unpaired) electrons. The summed E-state index contributed by atoms with van der Waals surface area (Å²) < 4.78 is 2.24. The van der Waals surface area contributed by atoms with Crippen molar-refractivity contribution in [2.75, 3.05) is 23.8 Å². The number of hydrogen-bond donors (Lipinski definition) is 1. The van der Waals surface area contributed by atoms with Crippen molar-refractivity contribution in [1.29, 1.82) is 0 Å². The molecule has 0 unspecified atom stereocenters. The highest BCUT2D eigenvalue weighted by molar-refractivity contribution is 7.22. The van der Waals surface area contributed by atoms with Gasteiger partial charge in [-0.1, -0.05) is 46.9 Å². The Morgan fingerprint density at radius 3 is 2.62 bits per heavy atom. The van der Waals surface area contributed by atoms with Gasteiger partial charge < -0.3 is 10.2 Å². The lowest BCUT2D eigenvalue weighted by Crippen LogP contribution is -2.29. The van der Waals surface area contributed by atoms with Gasteiger partial charge in [-0.25, -0.2) is 9.97 Å². The van der Waals surface area contributed by atoms with E-state index in [1.54, 1.807) is 11.3 Å². The lowest BCUT2D eigenvalue weighted by Gasteiger charge is -2.14. The maximum atomic E-state index is 12.4. The zero-order valence-electron chi connectivity index (χ0n) is 14.7. The molecule has 26 heavy (non-hydrogen) atoms. The van der Waals surface area contributed by atoms with E-state index >= 15 is 0 Å². The van der Waals surface area contributed by atoms with E-state index in [0.29, 0.717) is 5.13 Å². The molecule has 7 heteroatoms. The number of benzene rings is 2. The van der Waals surface area contributed by atoms with Gasteiger partial charge in [0.15, 0.2) is 10.3 Å². The third-order valence-corrected chi connectivity index (χ3v) is 6.44. The average molecular weight is 383 g/mol. The molecule has 2 aromatic carbocycles. The molecule has 0 aliphatic heterocycles. The molecule has 0 aliphatic rings. The molecule has 0 saturated carbocycles. The molecule has 0 spiro atoms. The Morgan fingerprint density at radius 1 is 1.08 bits per heavy atom. The molecule has 0 fully saturated rings. The van der Waals surface area contributed by atoms with Crippen LogP contribution in [0.15, 0.2) is 36.4 Å². The van der Waals surface area contributed by atoms with Crippen LogP contribution in [0.4, 0.5) is 10.3 Å². The number of aryl methyl sites for hydroxylation is 2. The minimum Gasteiger partial charge on any atom is -0.342 e. The fourth-order valence-electron chi connectivity index (χ4n) is 2.78. The smallest absolute Gasteiger partial charge is 0.245 e. The van der Waals surface area contributed by atoms with Gasteiger partial charge in [0.1, 0.15) is 0 Å². The van der Waals surface area contributed by atoms with Gasteiger partial charge in [0.25, 0.3) is 0 Å². The standard InChI is InChI=1S/C19H18N4OS2/c1-11-8-9-12(2)17-16(11)22-19(26-17)23(3)10-15(24)21-18-20-13-6-4-5-7-14(13)25-18/h4-9H,10H2,1-3H3,(H,20,21,24). The second kappa shape index (κ2) is 6.66. The Labute approximate surface area is 159 Å². The van der Waals surface area contributed by atoms with Crippen LogP contribution in [0, 0.1) is 13.8 Å². The van der Waals surface area contributed by atoms with E-state index in [9.17, 15) is 4.79 Å². The van der Waals surface area contributed by atoms with Crippen molar-refractivity contribution in [2.45, 2.75) is 13.8 Å². The number of fused-ring (bicyclic) bond motifs is 2. The number of thiazole rings is 2. The average Bonchev–Trinajstić information content (AvgIpc) is 3.22. The molecular formula is C19H18N4OS2. The lowest BCUT2D eigenvalue weighted by atomic mass is 10.1. The fraction of sp³-hybridized carbons (Fsp3) is 0.211. The molecule has 0 aliphatic carbocycles. The number of hydrogen-bond acceptors (Lipinski definition) is 6. The van der Waals surface area contributed by atoms with Crippen LogP contribution in [-0.4, -0.2) is 29.5 Å². The molecule has 132 valence electrons. The second-order valence-corrected chi connectivity index (χ2v) is 8.27. The predicted octanol–water partition coefficient (Wildman–Crippen LogP) is 4.60. The highest BCUT2D eigenvalue weighted by atomic mass is 32.1. The predicted molar refractivity (Wildman–Crippen MR) is 111 cm³/mol. The first kappa shape index (κ1) is 16.9. The number of nitrogens with one attached hydrogen (secondary N) is 1. The first-order valence-electron chi connectivity index (χ1n) is 8.24. The Morgan fingerprint density at radius 2 is 1.85 bits per heavy atom. The Balaban J connectivity index is 1.50. The van der Waals surface area contributed by atoms with E-state index in [2.05, 4.69) is 36.3 Å². The summed E-state index contributed by atoms with van der Waals surface area (Å²) in [6.45, 7) is 4.38. The number of likely N-dealkylation sites (N-methyl/N-ethyl adjacent to an activating group) is 1. The summed E-state index contributed by atoms with van der Waals surface area (Å²) in [5.74, 6) is -0.0979. The number of aromatic nitrogens is 2. The van der Waals surface area contributed by atoms with Gasteiger partial charge in [-0.05, 0) is 37.1 Å². The highest BCUT2D eigenvalue weighted by Gasteiger charge is 2.15. The molecule has 1 N–H and O–H groups in total. The quantitative estimate of drug-likeness (QED) is 0.560. The summed E-state index contributed by atoms with van der Waals surface area (Å²) in [7, 11) is 1.89. The van der Waals surface area contributed by atoms with Crippen LogP contribution in [0.25, 0.3) is 20.4 Å². The van der Waals surface area contributed by atoms with E-state index in [1.165, 1.54) is 21.6 Å². The number of nitrogens with zero attached hydrogens (tertiary/aromatic N) is 3. The molecule has 4 rings (SSSR count). The van der Waals surface area contributed by atoms with E-state index < -0.39 is 0 Å². The highest BCUT2D eigenvalue weighted by Crippen LogP contribution is 2.32. The SMILES string of the molecule is Cc1ccc(C)c2sc(N(C)CC(=O)Nc3nc4ccccc4s3)nc12. The van der Waals surface area contributed by atoms with Gasteiger partial charge in [0, 0.05) is 7.05 Å². The lowest BCUT2D eigenvalue weighted by molar-refractivity contribution is -0.114. The van der Waals surface area contributed by atoms with E-state index in [0.717, 1.165) is 26.4 Å². The van der Waals surface area contributed by atoms with Crippen molar-refractivity contribution in [1.82, 2.24) is 9.97 Å². The minimum atomic E-state index is -0.0979. The number of anilines is 2. The van der Waals surface area contributed by atoms with Crippen LogP contribution < -0.4 is 10.2 Å². The van der Waals surface area contributed by atoms with Crippen molar-refractivity contribution < 1.29 is 4.79 Å². The summed E-state index contributed by atoms with van der Waals surface area (Å²) in [5, 5.41) is 4.36. The van der Waals surface area contributed by atoms with Crippen molar-refractivity contribution in [3.05, 3.63) is 47.5 Å². The number of rotatable bonds is 4. The molecule has 0 atom stereocenters. The minimum absolute atomic E-state index is 0.0979. The molecule has 2 heterocycles. The largest absolute Gasteiger partial charge is 0.342 e. The molecule has 4 aromatic rings. The summed E-state index contributed by atoms with van der Waals surface area (Å²) in [5.41, 5.74) is 4.28. The van der Waals surface area contributed by atoms with Gasteiger partial charge in [0.2, 0.25) is 5.91 Å². The summed E-state index contributed by atoms with van der Waals surface area (Å²) in [6, 6.07) is 12.1. The zero-order chi connectivity index (χ0) is 18.3. The van der Waals surface area contributed by atoms with Crippen LogP contribution in [-0.2, 0) is 4.79 Å². The third kappa shape index (κ3) is 3.15. The molecule has 2 aromatic heterocycles. The monoisotopic (exact) mass is 382 g/mol. The Bertz CT molecular complexity index is 1040. The maximum Gasteiger partial charge on any atom is 0.245 e. The normalized spacial score (nSPS) is 11.2. The Kier molecular flexibility index (Phi) is 4.34. The van der Waals surface area contributed by atoms with Gasteiger partial charge in [-0.2, -0.15) is 0 Å². The number of carbonyl (C=O) groups is 1. The van der Waals surface area contributed by atoms with Gasteiger partial charge in [0.05, 0.1) is 27.0 Å². The van der Waals surface area contributed by atoms with Crippen molar-refractivity contribution >= 4 is 59.3 Å². The zero-order valence-corrected chi connectivity index (χ0v) is 16.4. The third-order valence-electron chi connectivity index (χ3n) is 4.18. The maximum absolute atomic E-state index is 12.4. The van der Waals surface area contributed by atoms with Crippen LogP contribution in [0.2, 0.25) is 0 Å². The molecular weight excluding hydrogens is 364 g/mol. The summed E-state index contributed by atoms with van der Waals surface area (Å²) in [4.78, 5) is 23.5. The number of para-hydroxylation sites is 1. The number of amides is 1. The van der Waals surface area contributed by atoms with Crippen LogP contribution >= 0.6 is 22.7 Å². The van der Waals surface area contributed by atoms with Crippen LogP contribution in [0.3, 0.4) is 0 Å². The van der Waals surface area contributed by atoms with Crippen LogP contribution in [0.1, 0.15) is 11.1 Å². The number of carbonyl (C=O) groups excluding carboxylic acids is 1. The Hall–Kier alpha value is -2.51. The molecule has 0 saturated heterocycles.